The van der Waals surface area contributed by atoms with Crippen LogP contribution in [-0.4, -0.2) is 40.5 Å². The van der Waals surface area contributed by atoms with Crippen molar-refractivity contribution in [3.8, 4) is 16.9 Å². The van der Waals surface area contributed by atoms with Gasteiger partial charge in [0.1, 0.15) is 5.75 Å². The third kappa shape index (κ3) is 3.83. The first-order valence-corrected chi connectivity index (χ1v) is 9.78. The van der Waals surface area contributed by atoms with Gasteiger partial charge >= 0.3 is 5.69 Å². The van der Waals surface area contributed by atoms with Gasteiger partial charge in [0.15, 0.2) is 5.65 Å². The Kier molecular flexibility index (Phi) is 5.46. The van der Waals surface area contributed by atoms with E-state index in [2.05, 4.69) is 20.6 Å². The van der Waals surface area contributed by atoms with E-state index in [0.29, 0.717) is 33.7 Å². The lowest BCUT2D eigenvalue weighted by molar-refractivity contribution is 0.0961. The van der Waals surface area contributed by atoms with Gasteiger partial charge in [0.2, 0.25) is 0 Å². The molecule has 9 nitrogen and oxygen atoms in total. The van der Waals surface area contributed by atoms with Crippen molar-refractivity contribution in [3.05, 3.63) is 76.3 Å². The predicted molar refractivity (Wildman–Crippen MR) is 121 cm³/mol. The maximum atomic E-state index is 13.0. The molecular formula is C23H21N5O4. The number of pyridine rings is 1. The molecule has 2 aromatic carbocycles. The molecule has 0 atom stereocenters. The van der Waals surface area contributed by atoms with Gasteiger partial charge in [0, 0.05) is 37.0 Å². The van der Waals surface area contributed by atoms with Crippen LogP contribution < -0.4 is 21.1 Å². The van der Waals surface area contributed by atoms with Gasteiger partial charge in [-0.1, -0.05) is 12.1 Å². The van der Waals surface area contributed by atoms with E-state index < -0.39 is 0 Å². The van der Waals surface area contributed by atoms with Crippen molar-refractivity contribution >= 4 is 28.7 Å². The largest absolute Gasteiger partial charge is 0.495 e. The minimum Gasteiger partial charge on any atom is -0.495 e. The SMILES string of the molecule is CNC(=O)c1ccc(OC)c(NC(=O)c2cccc(-c3cnc4[nH]c(=O)n(C)c4c3)c2)c1. The highest BCUT2D eigenvalue weighted by Crippen LogP contribution is 2.27. The monoisotopic (exact) mass is 431 g/mol. The minimum atomic E-state index is -0.359. The number of aryl methyl sites for hydroxylation is 1. The van der Waals surface area contributed by atoms with E-state index in [9.17, 15) is 14.4 Å². The smallest absolute Gasteiger partial charge is 0.327 e. The fourth-order valence-corrected chi connectivity index (χ4v) is 3.38. The van der Waals surface area contributed by atoms with Crippen LogP contribution in [0.5, 0.6) is 5.75 Å². The summed E-state index contributed by atoms with van der Waals surface area (Å²) in [4.78, 5) is 43.7. The summed E-state index contributed by atoms with van der Waals surface area (Å²) < 4.78 is 6.79. The zero-order chi connectivity index (χ0) is 22.8. The summed E-state index contributed by atoms with van der Waals surface area (Å²) in [6.45, 7) is 0. The molecule has 3 N–H and O–H groups in total. The molecule has 0 fully saturated rings. The molecular weight excluding hydrogens is 410 g/mol. The number of aromatic amines is 1. The topological polar surface area (TPSA) is 118 Å². The Balaban J connectivity index is 1.65. The Bertz CT molecular complexity index is 1400. The predicted octanol–water partition coefficient (Wildman–Crippen LogP) is 2.55. The zero-order valence-electron chi connectivity index (χ0n) is 17.7. The Hall–Kier alpha value is -4.40. The average Bonchev–Trinajstić information content (AvgIpc) is 3.11. The van der Waals surface area contributed by atoms with Gasteiger partial charge in [-0.3, -0.25) is 19.1 Å². The van der Waals surface area contributed by atoms with Gasteiger partial charge in [-0.25, -0.2) is 9.78 Å². The van der Waals surface area contributed by atoms with Crippen molar-refractivity contribution < 1.29 is 14.3 Å². The number of nitrogens with one attached hydrogen (secondary N) is 3. The van der Waals surface area contributed by atoms with Crippen molar-refractivity contribution in [3.63, 3.8) is 0 Å². The van der Waals surface area contributed by atoms with Crippen LogP contribution in [0.4, 0.5) is 5.69 Å². The van der Waals surface area contributed by atoms with Crippen molar-refractivity contribution in [2.45, 2.75) is 0 Å². The molecule has 0 aliphatic carbocycles. The summed E-state index contributed by atoms with van der Waals surface area (Å²) in [5.41, 5.74) is 3.65. The number of methoxy groups -OCH3 is 1. The summed E-state index contributed by atoms with van der Waals surface area (Å²) in [6.07, 6.45) is 1.64. The maximum absolute atomic E-state index is 13.0. The minimum absolute atomic E-state index is 0.245. The Morgan fingerprint density at radius 2 is 1.81 bits per heavy atom. The number of carbonyl (C=O) groups is 2. The van der Waals surface area contributed by atoms with Gasteiger partial charge in [-0.15, -0.1) is 0 Å². The summed E-state index contributed by atoms with van der Waals surface area (Å²) >= 11 is 0. The van der Waals surface area contributed by atoms with Gasteiger partial charge in [0.25, 0.3) is 11.8 Å². The van der Waals surface area contributed by atoms with Crippen LogP contribution in [-0.2, 0) is 7.05 Å². The third-order valence-electron chi connectivity index (χ3n) is 5.15. The van der Waals surface area contributed by atoms with Crippen LogP contribution in [0, 0.1) is 0 Å². The van der Waals surface area contributed by atoms with Crippen LogP contribution in [0.25, 0.3) is 22.3 Å². The molecule has 162 valence electrons. The van der Waals surface area contributed by atoms with Crippen LogP contribution in [0.15, 0.2) is 59.5 Å². The maximum Gasteiger partial charge on any atom is 0.327 e. The molecule has 0 radical (unpaired) electrons. The Morgan fingerprint density at radius 1 is 1.03 bits per heavy atom. The van der Waals surface area contributed by atoms with Crippen molar-refractivity contribution in [1.29, 1.82) is 0 Å². The summed E-state index contributed by atoms with van der Waals surface area (Å²) in [6, 6.07) is 13.7. The quantitative estimate of drug-likeness (QED) is 0.449. The van der Waals surface area contributed by atoms with Gasteiger partial charge in [-0.2, -0.15) is 0 Å². The molecule has 0 bridgehead atoms. The molecule has 0 unspecified atom stereocenters. The molecule has 9 heteroatoms. The zero-order valence-corrected chi connectivity index (χ0v) is 17.7. The highest BCUT2D eigenvalue weighted by Gasteiger charge is 2.14. The number of benzene rings is 2. The number of carbonyl (C=O) groups excluding carboxylic acids is 2. The summed E-state index contributed by atoms with van der Waals surface area (Å²) in [5, 5.41) is 5.36. The second kappa shape index (κ2) is 8.38. The molecule has 0 spiro atoms. The van der Waals surface area contributed by atoms with Gasteiger partial charge < -0.3 is 15.4 Å². The Morgan fingerprint density at radius 3 is 2.56 bits per heavy atom. The first-order chi connectivity index (χ1) is 15.4. The fraction of sp³-hybridized carbons (Fsp3) is 0.130. The second-order valence-electron chi connectivity index (χ2n) is 7.11. The van der Waals surface area contributed by atoms with Crippen LogP contribution in [0.2, 0.25) is 0 Å². The lowest BCUT2D eigenvalue weighted by atomic mass is 10.0. The first-order valence-electron chi connectivity index (χ1n) is 9.78. The molecule has 0 saturated carbocycles. The summed E-state index contributed by atoms with van der Waals surface area (Å²) in [5.74, 6) is -0.195. The number of fused-ring (bicyclic) bond motifs is 1. The van der Waals surface area contributed by atoms with E-state index in [1.807, 2.05) is 12.1 Å². The molecule has 32 heavy (non-hydrogen) atoms. The molecule has 2 aromatic heterocycles. The first kappa shape index (κ1) is 20.9. The second-order valence-corrected chi connectivity index (χ2v) is 7.11. The van der Waals surface area contributed by atoms with E-state index in [0.717, 1.165) is 11.1 Å². The highest BCUT2D eigenvalue weighted by atomic mass is 16.5. The van der Waals surface area contributed by atoms with Crippen LogP contribution in [0.3, 0.4) is 0 Å². The lowest BCUT2D eigenvalue weighted by Crippen LogP contribution is -2.19. The number of rotatable bonds is 5. The number of aromatic nitrogens is 3. The Labute approximate surface area is 183 Å². The van der Waals surface area contributed by atoms with E-state index in [-0.39, 0.29) is 17.5 Å². The number of amides is 2. The highest BCUT2D eigenvalue weighted by molar-refractivity contribution is 6.06. The van der Waals surface area contributed by atoms with E-state index >= 15 is 0 Å². The van der Waals surface area contributed by atoms with Crippen molar-refractivity contribution in [2.24, 2.45) is 7.05 Å². The van der Waals surface area contributed by atoms with E-state index in [4.69, 9.17) is 4.74 Å². The molecule has 0 aliphatic rings. The average molecular weight is 431 g/mol. The summed E-state index contributed by atoms with van der Waals surface area (Å²) in [7, 11) is 4.69. The molecule has 0 saturated heterocycles. The number of anilines is 1. The number of ether oxygens (including phenoxy) is 1. The third-order valence-corrected chi connectivity index (χ3v) is 5.15. The molecule has 2 heterocycles. The molecule has 2 amide bonds. The van der Waals surface area contributed by atoms with E-state index in [1.165, 1.54) is 18.7 Å². The number of hydrogen-bond donors (Lipinski definition) is 3. The van der Waals surface area contributed by atoms with Gasteiger partial charge in [-0.05, 0) is 42.0 Å². The molecule has 4 rings (SSSR count). The number of imidazole rings is 1. The number of H-pyrrole nitrogens is 1. The van der Waals surface area contributed by atoms with Gasteiger partial charge in [0.05, 0.1) is 18.3 Å². The van der Waals surface area contributed by atoms with Crippen molar-refractivity contribution in [1.82, 2.24) is 19.9 Å². The standard InChI is InChI=1S/C23H21N5O4/c1-24-21(29)15-7-8-19(32-3)17(10-15)26-22(30)14-6-4-5-13(9-14)16-11-18-20(25-12-16)27-23(31)28(18)2/h4-12H,1-3H3,(H,24,29)(H,26,30)(H,25,27,31). The van der Waals surface area contributed by atoms with E-state index in [1.54, 1.807) is 49.6 Å². The molecule has 0 aliphatic heterocycles. The number of nitrogens with zero attached hydrogens (tertiary/aromatic N) is 2. The lowest BCUT2D eigenvalue weighted by Gasteiger charge is -2.12. The normalized spacial score (nSPS) is 10.7. The van der Waals surface area contributed by atoms with Crippen molar-refractivity contribution in [2.75, 3.05) is 19.5 Å². The molecule has 4 aromatic rings. The fourth-order valence-electron chi connectivity index (χ4n) is 3.38. The van der Waals surface area contributed by atoms with Crippen LogP contribution in [0.1, 0.15) is 20.7 Å². The van der Waals surface area contributed by atoms with Crippen LogP contribution >= 0.6 is 0 Å². The number of hydrogen-bond acceptors (Lipinski definition) is 5.